The Kier molecular flexibility index (Phi) is 3.22. The van der Waals surface area contributed by atoms with E-state index >= 15 is 0 Å². The lowest BCUT2D eigenvalue weighted by Gasteiger charge is -2.10. The zero-order chi connectivity index (χ0) is 15.1. The monoisotopic (exact) mass is 296 g/mol. The first-order valence-electron chi connectivity index (χ1n) is 7.92. The number of fused-ring (bicyclic) bond motifs is 3. The van der Waals surface area contributed by atoms with Gasteiger partial charge in [-0.25, -0.2) is 9.67 Å². The number of hydrogen-bond acceptors (Lipinski definition) is 3. The number of nitrogens with one attached hydrogen (secondary N) is 1. The summed E-state index contributed by atoms with van der Waals surface area (Å²) in [7, 11) is 0. The molecule has 0 unspecified atom stereocenters. The van der Waals surface area contributed by atoms with Gasteiger partial charge >= 0.3 is 0 Å². The number of rotatable bonds is 3. The Morgan fingerprint density at radius 3 is 3.00 bits per heavy atom. The number of H-pyrrole nitrogens is 1. The average molecular weight is 296 g/mol. The lowest BCUT2D eigenvalue weighted by molar-refractivity contribution is 0.270. The van der Waals surface area contributed by atoms with Crippen LogP contribution in [0.15, 0.2) is 18.2 Å². The van der Waals surface area contributed by atoms with Crippen molar-refractivity contribution >= 4 is 10.9 Å². The molecule has 0 radical (unpaired) electrons. The summed E-state index contributed by atoms with van der Waals surface area (Å²) in [6.07, 6.45) is 4.85. The molecule has 1 aliphatic carbocycles. The van der Waals surface area contributed by atoms with Crippen molar-refractivity contribution in [2.24, 2.45) is 0 Å². The topological polar surface area (TPSA) is 66.7 Å². The van der Waals surface area contributed by atoms with Gasteiger partial charge in [0, 0.05) is 22.2 Å². The first-order chi connectivity index (χ1) is 10.8. The number of aryl methyl sites for hydroxylation is 3. The number of hydrogen-bond donors (Lipinski definition) is 2. The van der Waals surface area contributed by atoms with Crippen LogP contribution >= 0.6 is 0 Å². The highest BCUT2D eigenvalue weighted by atomic mass is 16.3. The number of aliphatic hydroxyl groups is 1. The highest BCUT2D eigenvalue weighted by Crippen LogP contribution is 2.31. The van der Waals surface area contributed by atoms with E-state index in [0.717, 1.165) is 30.1 Å². The van der Waals surface area contributed by atoms with E-state index in [9.17, 15) is 5.11 Å². The first kappa shape index (κ1) is 13.5. The summed E-state index contributed by atoms with van der Waals surface area (Å²) in [5.74, 6) is 1.57. The van der Waals surface area contributed by atoms with E-state index in [1.165, 1.54) is 35.0 Å². The second kappa shape index (κ2) is 5.25. The lowest BCUT2D eigenvalue weighted by atomic mass is 9.95. The first-order valence-corrected chi connectivity index (χ1v) is 7.92. The van der Waals surface area contributed by atoms with E-state index in [0.29, 0.717) is 6.54 Å². The summed E-state index contributed by atoms with van der Waals surface area (Å²) in [5.41, 5.74) is 5.13. The summed E-state index contributed by atoms with van der Waals surface area (Å²) in [4.78, 5) is 8.09. The van der Waals surface area contributed by atoms with Gasteiger partial charge in [0.1, 0.15) is 5.82 Å². The van der Waals surface area contributed by atoms with Crippen molar-refractivity contribution in [1.82, 2.24) is 19.7 Å². The zero-order valence-electron chi connectivity index (χ0n) is 12.8. The Balaban J connectivity index is 1.85. The quantitative estimate of drug-likeness (QED) is 0.780. The van der Waals surface area contributed by atoms with Crippen LogP contribution in [0.3, 0.4) is 0 Å². The smallest absolute Gasteiger partial charge is 0.158 e. The van der Waals surface area contributed by atoms with Crippen molar-refractivity contribution in [3.63, 3.8) is 0 Å². The Labute approximate surface area is 129 Å². The zero-order valence-corrected chi connectivity index (χ0v) is 12.8. The van der Waals surface area contributed by atoms with Crippen LogP contribution < -0.4 is 0 Å². The molecule has 0 atom stereocenters. The van der Waals surface area contributed by atoms with Crippen LogP contribution in [0.2, 0.25) is 0 Å². The molecule has 0 bridgehead atoms. The maximum atomic E-state index is 9.20. The Morgan fingerprint density at radius 2 is 2.14 bits per heavy atom. The molecule has 0 amide bonds. The van der Waals surface area contributed by atoms with Crippen molar-refractivity contribution in [3.8, 4) is 11.4 Å². The maximum Gasteiger partial charge on any atom is 0.158 e. The fourth-order valence-corrected chi connectivity index (χ4v) is 3.46. The van der Waals surface area contributed by atoms with Gasteiger partial charge in [-0.3, -0.25) is 0 Å². The summed E-state index contributed by atoms with van der Waals surface area (Å²) in [5, 5.41) is 14.9. The van der Waals surface area contributed by atoms with Crippen molar-refractivity contribution in [1.29, 1.82) is 0 Å². The Morgan fingerprint density at radius 1 is 1.27 bits per heavy atom. The summed E-state index contributed by atoms with van der Waals surface area (Å²) < 4.78 is 1.79. The van der Waals surface area contributed by atoms with Crippen molar-refractivity contribution in [3.05, 3.63) is 35.3 Å². The van der Waals surface area contributed by atoms with Crippen molar-refractivity contribution in [2.45, 2.75) is 39.2 Å². The van der Waals surface area contributed by atoms with Crippen molar-refractivity contribution < 1.29 is 5.11 Å². The third-order valence-corrected chi connectivity index (χ3v) is 4.45. The molecular formula is C17H20N4O. The van der Waals surface area contributed by atoms with Gasteiger partial charge in [0.15, 0.2) is 5.82 Å². The minimum atomic E-state index is 0.0671. The van der Waals surface area contributed by atoms with Crippen LogP contribution in [0.1, 0.15) is 29.9 Å². The molecule has 5 heteroatoms. The molecule has 2 heterocycles. The number of nitrogens with zero attached hydrogens (tertiary/aromatic N) is 3. The molecule has 4 rings (SSSR count). The largest absolute Gasteiger partial charge is 0.394 e. The van der Waals surface area contributed by atoms with Gasteiger partial charge in [-0.2, -0.15) is 5.10 Å². The molecule has 22 heavy (non-hydrogen) atoms. The predicted molar refractivity (Wildman–Crippen MR) is 85.8 cm³/mol. The number of benzene rings is 1. The molecule has 5 nitrogen and oxygen atoms in total. The Bertz CT molecular complexity index is 831. The van der Waals surface area contributed by atoms with Gasteiger partial charge in [0.25, 0.3) is 0 Å². The maximum absolute atomic E-state index is 9.20. The molecule has 114 valence electrons. The fraction of sp³-hybridized carbons (Fsp3) is 0.412. The Hall–Kier alpha value is -2.14. The second-order valence-corrected chi connectivity index (χ2v) is 5.98. The van der Waals surface area contributed by atoms with E-state index in [4.69, 9.17) is 0 Å². The molecule has 0 saturated carbocycles. The van der Waals surface area contributed by atoms with Gasteiger partial charge in [-0.15, -0.1) is 0 Å². The number of aliphatic hydroxyl groups excluding tert-OH is 1. The predicted octanol–water partition coefficient (Wildman–Crippen LogP) is 2.61. The van der Waals surface area contributed by atoms with Gasteiger partial charge in [0.2, 0.25) is 0 Å². The minimum Gasteiger partial charge on any atom is -0.394 e. The average Bonchev–Trinajstić information content (AvgIpc) is 3.07. The molecule has 0 saturated heterocycles. The summed E-state index contributed by atoms with van der Waals surface area (Å²) >= 11 is 0. The standard InChI is InChI=1S/C17H20N4O/c1-11-18-17(21(20-11)8-9-22)12-6-7-16-14(10-12)13-4-2-3-5-15(13)19-16/h6-7,10,19,22H,2-5,8-9H2,1H3. The van der Waals surface area contributed by atoms with Crippen LogP contribution in [-0.2, 0) is 19.4 Å². The van der Waals surface area contributed by atoms with Gasteiger partial charge in [-0.05, 0) is 56.4 Å². The third-order valence-electron chi connectivity index (χ3n) is 4.45. The normalized spacial score (nSPS) is 14.5. The van der Waals surface area contributed by atoms with Crippen LogP contribution in [0.25, 0.3) is 22.3 Å². The second-order valence-electron chi connectivity index (χ2n) is 5.98. The van der Waals surface area contributed by atoms with E-state index < -0.39 is 0 Å². The number of aromatic amines is 1. The van der Waals surface area contributed by atoms with Gasteiger partial charge in [-0.1, -0.05) is 0 Å². The van der Waals surface area contributed by atoms with E-state index in [1.54, 1.807) is 4.68 Å². The molecule has 0 aliphatic heterocycles. The summed E-state index contributed by atoms with van der Waals surface area (Å²) in [6.45, 7) is 2.42. The molecule has 3 aromatic rings. The van der Waals surface area contributed by atoms with Crippen LogP contribution in [0.4, 0.5) is 0 Å². The van der Waals surface area contributed by atoms with Crippen LogP contribution in [-0.4, -0.2) is 31.5 Å². The molecule has 2 aromatic heterocycles. The SMILES string of the molecule is Cc1nc(-c2ccc3[nH]c4c(c3c2)CCCC4)n(CCO)n1. The molecule has 0 fully saturated rings. The third kappa shape index (κ3) is 2.13. The molecular weight excluding hydrogens is 276 g/mol. The lowest BCUT2D eigenvalue weighted by Crippen LogP contribution is -2.06. The van der Waals surface area contributed by atoms with Crippen LogP contribution in [0, 0.1) is 6.92 Å². The molecule has 0 spiro atoms. The van der Waals surface area contributed by atoms with Gasteiger partial charge in [0.05, 0.1) is 13.2 Å². The summed E-state index contributed by atoms with van der Waals surface area (Å²) in [6, 6.07) is 6.44. The highest BCUT2D eigenvalue weighted by molar-refractivity contribution is 5.88. The molecule has 2 N–H and O–H groups in total. The van der Waals surface area contributed by atoms with Crippen LogP contribution in [0.5, 0.6) is 0 Å². The minimum absolute atomic E-state index is 0.0671. The molecule has 1 aromatic carbocycles. The highest BCUT2D eigenvalue weighted by Gasteiger charge is 2.17. The van der Waals surface area contributed by atoms with E-state index in [1.807, 2.05) is 6.92 Å². The van der Waals surface area contributed by atoms with Gasteiger partial charge < -0.3 is 10.1 Å². The fourth-order valence-electron chi connectivity index (χ4n) is 3.46. The van der Waals surface area contributed by atoms with Crippen molar-refractivity contribution in [2.75, 3.05) is 6.61 Å². The number of aromatic nitrogens is 4. The van der Waals surface area contributed by atoms with E-state index in [-0.39, 0.29) is 6.61 Å². The van der Waals surface area contributed by atoms with E-state index in [2.05, 4.69) is 33.3 Å². The molecule has 1 aliphatic rings.